The Kier molecular flexibility index (Phi) is 6.06. The molecule has 1 fully saturated rings. The minimum Gasteiger partial charge on any atom is -0.352 e. The summed E-state index contributed by atoms with van der Waals surface area (Å²) in [6.45, 7) is 14.1. The maximum absolute atomic E-state index is 12.7. The molecule has 1 aliphatic heterocycles. The maximum Gasteiger partial charge on any atom is 0.223 e. The summed E-state index contributed by atoms with van der Waals surface area (Å²) in [6, 6.07) is 0. The molecular weight excluding hydrogens is 392 g/mol. The Morgan fingerprint density at radius 2 is 1.80 bits per heavy atom. The molecule has 1 saturated heterocycles. The van der Waals surface area contributed by atoms with E-state index < -0.39 is 0 Å². The number of thiophene rings is 1. The lowest BCUT2D eigenvalue weighted by molar-refractivity contribution is -0.133. The molecule has 5 nitrogen and oxygen atoms in total. The van der Waals surface area contributed by atoms with Crippen LogP contribution in [0, 0.1) is 5.41 Å². The summed E-state index contributed by atoms with van der Waals surface area (Å²) in [7, 11) is 0. The van der Waals surface area contributed by atoms with Crippen molar-refractivity contribution in [2.24, 2.45) is 5.41 Å². The summed E-state index contributed by atoms with van der Waals surface area (Å²) < 4.78 is 0. The van der Waals surface area contributed by atoms with Gasteiger partial charge in [0.05, 0.1) is 5.39 Å². The van der Waals surface area contributed by atoms with Crippen LogP contribution in [0.1, 0.15) is 82.5 Å². The molecule has 0 spiro atoms. The molecule has 30 heavy (non-hydrogen) atoms. The zero-order valence-corrected chi connectivity index (χ0v) is 20.1. The van der Waals surface area contributed by atoms with E-state index in [0.717, 1.165) is 50.7 Å². The molecule has 1 aliphatic carbocycles. The van der Waals surface area contributed by atoms with Gasteiger partial charge in [0.15, 0.2) is 0 Å². The number of nitrogens with zero attached hydrogens (tertiary/aromatic N) is 4. The third-order valence-corrected chi connectivity index (χ3v) is 7.67. The predicted octanol–water partition coefficient (Wildman–Crippen LogP) is 5.17. The molecule has 0 saturated carbocycles. The van der Waals surface area contributed by atoms with E-state index in [4.69, 9.17) is 9.97 Å². The zero-order valence-electron chi connectivity index (χ0n) is 19.3. The second-order valence-electron chi connectivity index (χ2n) is 10.2. The minimum absolute atomic E-state index is 0.0357. The lowest BCUT2D eigenvalue weighted by atomic mass is 9.91. The van der Waals surface area contributed by atoms with Gasteiger partial charge < -0.3 is 9.80 Å². The van der Waals surface area contributed by atoms with Crippen molar-refractivity contribution >= 4 is 33.3 Å². The highest BCUT2D eigenvalue weighted by Crippen LogP contribution is 2.40. The Balaban J connectivity index is 1.63. The molecule has 1 amide bonds. The highest BCUT2D eigenvalue weighted by molar-refractivity contribution is 7.19. The van der Waals surface area contributed by atoms with Crippen molar-refractivity contribution in [3.8, 4) is 0 Å². The van der Waals surface area contributed by atoms with Gasteiger partial charge in [-0.2, -0.15) is 0 Å². The van der Waals surface area contributed by atoms with Crippen LogP contribution in [0.4, 0.5) is 5.82 Å². The van der Waals surface area contributed by atoms with Crippen molar-refractivity contribution in [2.45, 2.75) is 79.1 Å². The highest BCUT2D eigenvalue weighted by Gasteiger charge is 2.29. The molecule has 4 rings (SSSR count). The highest BCUT2D eigenvalue weighted by atomic mass is 32.1. The van der Waals surface area contributed by atoms with Crippen LogP contribution in [0.5, 0.6) is 0 Å². The summed E-state index contributed by atoms with van der Waals surface area (Å²) in [5, 5.41) is 1.30. The van der Waals surface area contributed by atoms with Gasteiger partial charge in [-0.3, -0.25) is 4.79 Å². The Bertz CT molecular complexity index is 921. The third kappa shape index (κ3) is 4.34. The van der Waals surface area contributed by atoms with Gasteiger partial charge in [-0.15, -0.1) is 11.3 Å². The molecule has 0 N–H and O–H groups in total. The van der Waals surface area contributed by atoms with Gasteiger partial charge in [0.25, 0.3) is 0 Å². The summed E-state index contributed by atoms with van der Waals surface area (Å²) in [5.74, 6) is 2.74. The third-order valence-electron chi connectivity index (χ3n) is 6.48. The largest absolute Gasteiger partial charge is 0.352 e. The smallest absolute Gasteiger partial charge is 0.223 e. The maximum atomic E-state index is 12.7. The number of hydrogen-bond acceptors (Lipinski definition) is 5. The number of carbonyl (C=O) groups excluding carboxylic acids is 1. The molecule has 1 atom stereocenters. The number of fused-ring (bicyclic) bond motifs is 3. The van der Waals surface area contributed by atoms with Gasteiger partial charge in [-0.25, -0.2) is 9.97 Å². The average Bonchev–Trinajstić information content (AvgIpc) is 3.10. The van der Waals surface area contributed by atoms with E-state index in [1.54, 1.807) is 0 Å². The number of anilines is 1. The van der Waals surface area contributed by atoms with E-state index in [0.29, 0.717) is 12.3 Å². The lowest BCUT2D eigenvalue weighted by Crippen LogP contribution is -2.49. The van der Waals surface area contributed by atoms with Crippen LogP contribution >= 0.6 is 11.3 Å². The summed E-state index contributed by atoms with van der Waals surface area (Å²) in [6.07, 6.45) is 6.55. The summed E-state index contributed by atoms with van der Waals surface area (Å²) >= 11 is 1.89. The first-order valence-electron chi connectivity index (χ1n) is 11.6. The predicted molar refractivity (Wildman–Crippen MR) is 126 cm³/mol. The Hall–Kier alpha value is -1.69. The van der Waals surface area contributed by atoms with Crippen LogP contribution in [0.25, 0.3) is 10.2 Å². The fourth-order valence-corrected chi connectivity index (χ4v) is 5.78. The Labute approximate surface area is 184 Å². The van der Waals surface area contributed by atoms with Gasteiger partial charge in [0.1, 0.15) is 16.5 Å². The molecule has 1 unspecified atom stereocenters. The van der Waals surface area contributed by atoms with Crippen molar-refractivity contribution < 1.29 is 4.79 Å². The topological polar surface area (TPSA) is 49.3 Å². The fourth-order valence-electron chi connectivity index (χ4n) is 4.52. The molecule has 164 valence electrons. The molecule has 0 aromatic carbocycles. The number of amides is 1. The molecule has 3 heterocycles. The quantitative estimate of drug-likeness (QED) is 0.674. The van der Waals surface area contributed by atoms with Crippen LogP contribution < -0.4 is 4.90 Å². The second-order valence-corrected chi connectivity index (χ2v) is 11.3. The van der Waals surface area contributed by atoms with E-state index in [1.165, 1.54) is 39.9 Å². The average molecular weight is 429 g/mol. The number of rotatable bonds is 4. The molecule has 0 bridgehead atoms. The van der Waals surface area contributed by atoms with Crippen molar-refractivity contribution in [3.63, 3.8) is 0 Å². The number of piperazine rings is 1. The lowest BCUT2D eigenvalue weighted by Gasteiger charge is -2.37. The van der Waals surface area contributed by atoms with Gasteiger partial charge >= 0.3 is 0 Å². The van der Waals surface area contributed by atoms with E-state index in [1.807, 2.05) is 16.2 Å². The van der Waals surface area contributed by atoms with Gasteiger partial charge in [-0.05, 0) is 43.1 Å². The molecule has 0 radical (unpaired) electrons. The van der Waals surface area contributed by atoms with Crippen molar-refractivity contribution in [2.75, 3.05) is 31.1 Å². The van der Waals surface area contributed by atoms with E-state index in [9.17, 15) is 4.79 Å². The Morgan fingerprint density at radius 3 is 2.47 bits per heavy atom. The molecule has 6 heteroatoms. The second kappa shape index (κ2) is 8.45. The van der Waals surface area contributed by atoms with Crippen molar-refractivity contribution in [1.29, 1.82) is 0 Å². The number of aromatic nitrogens is 2. The van der Waals surface area contributed by atoms with Crippen LogP contribution in [0.3, 0.4) is 0 Å². The molecular formula is C24H36N4OS. The molecule has 2 aromatic heterocycles. The SMILES string of the molecule is CCC(C)c1nc(N2CCN(C(=O)CC(C)(C)C)CC2)c2c3c(sc2n1)CCCC3. The minimum atomic E-state index is 0.0357. The summed E-state index contributed by atoms with van der Waals surface area (Å²) in [4.78, 5) is 30.0. The zero-order chi connectivity index (χ0) is 21.5. The Morgan fingerprint density at radius 1 is 1.10 bits per heavy atom. The number of carbonyl (C=O) groups is 1. The molecule has 2 aromatic rings. The van der Waals surface area contributed by atoms with Crippen LogP contribution in [-0.4, -0.2) is 47.0 Å². The monoisotopic (exact) mass is 428 g/mol. The normalized spacial score (nSPS) is 18.6. The first kappa shape index (κ1) is 21.5. The fraction of sp³-hybridized carbons (Fsp3) is 0.708. The number of aryl methyl sites for hydroxylation is 2. The molecule has 2 aliphatic rings. The van der Waals surface area contributed by atoms with Crippen LogP contribution in [0.2, 0.25) is 0 Å². The first-order chi connectivity index (χ1) is 14.3. The van der Waals surface area contributed by atoms with E-state index in [-0.39, 0.29) is 11.3 Å². The summed E-state index contributed by atoms with van der Waals surface area (Å²) in [5.41, 5.74) is 1.53. The van der Waals surface area contributed by atoms with Crippen LogP contribution in [0.15, 0.2) is 0 Å². The number of hydrogen-bond donors (Lipinski definition) is 0. The van der Waals surface area contributed by atoms with Crippen molar-refractivity contribution in [3.05, 3.63) is 16.3 Å². The van der Waals surface area contributed by atoms with E-state index >= 15 is 0 Å². The van der Waals surface area contributed by atoms with Gasteiger partial charge in [0, 0.05) is 43.4 Å². The van der Waals surface area contributed by atoms with Crippen molar-refractivity contribution in [1.82, 2.24) is 14.9 Å². The van der Waals surface area contributed by atoms with E-state index in [2.05, 4.69) is 39.5 Å². The first-order valence-corrected chi connectivity index (χ1v) is 12.4. The van der Waals surface area contributed by atoms with Gasteiger partial charge in [0.2, 0.25) is 5.91 Å². The van der Waals surface area contributed by atoms with Crippen LogP contribution in [-0.2, 0) is 17.6 Å². The van der Waals surface area contributed by atoms with Gasteiger partial charge in [-0.1, -0.05) is 34.6 Å². The standard InChI is InChI=1S/C24H36N4OS/c1-6-16(2)21-25-22(20-17-9-7-8-10-18(17)30-23(20)26-21)28-13-11-27(12-14-28)19(29)15-24(3,4)5/h16H,6-15H2,1-5H3.